The number of likely N-dealkylation sites (tertiary alicyclic amines) is 1. The van der Waals surface area contributed by atoms with Crippen molar-refractivity contribution in [2.45, 2.75) is 49.1 Å². The average Bonchev–Trinajstić information content (AvgIpc) is 3.54. The summed E-state index contributed by atoms with van der Waals surface area (Å²) >= 11 is 0. The second kappa shape index (κ2) is 8.13. The first-order valence-electron chi connectivity index (χ1n) is 9.99. The molecule has 0 atom stereocenters. The van der Waals surface area contributed by atoms with Gasteiger partial charge in [-0.2, -0.15) is 4.31 Å². The highest BCUT2D eigenvalue weighted by molar-refractivity contribution is 7.89. The predicted octanol–water partition coefficient (Wildman–Crippen LogP) is 3.55. The minimum absolute atomic E-state index is 0.135. The molecule has 1 heterocycles. The van der Waals surface area contributed by atoms with Crippen LogP contribution in [0.1, 0.15) is 31.2 Å². The highest BCUT2D eigenvalue weighted by Gasteiger charge is 2.43. The second-order valence-electron chi connectivity index (χ2n) is 7.69. The zero-order valence-electron chi connectivity index (χ0n) is 15.7. The Morgan fingerprint density at radius 1 is 0.815 bits per heavy atom. The van der Waals surface area contributed by atoms with Crippen molar-refractivity contribution in [2.24, 2.45) is 0 Å². The Hall–Kier alpha value is -1.69. The summed E-state index contributed by atoms with van der Waals surface area (Å²) in [6.07, 6.45) is 4.91. The third kappa shape index (κ3) is 4.42. The van der Waals surface area contributed by atoms with E-state index in [-0.39, 0.29) is 12.1 Å². The fourth-order valence-corrected chi connectivity index (χ4v) is 6.01. The Kier molecular flexibility index (Phi) is 5.62. The van der Waals surface area contributed by atoms with Gasteiger partial charge in [-0.25, -0.2) is 8.42 Å². The molecule has 0 amide bonds. The maximum Gasteiger partial charge on any atom is 0.243 e. The Labute approximate surface area is 162 Å². The number of sulfonamides is 1. The van der Waals surface area contributed by atoms with E-state index in [1.54, 1.807) is 12.1 Å². The van der Waals surface area contributed by atoms with Gasteiger partial charge in [0, 0.05) is 18.6 Å². The lowest BCUT2D eigenvalue weighted by Gasteiger charge is -2.38. The van der Waals surface area contributed by atoms with Crippen molar-refractivity contribution in [3.63, 3.8) is 0 Å². The van der Waals surface area contributed by atoms with Gasteiger partial charge in [0.2, 0.25) is 10.0 Å². The van der Waals surface area contributed by atoms with E-state index in [4.69, 9.17) is 0 Å². The van der Waals surface area contributed by atoms with Crippen molar-refractivity contribution in [1.82, 2.24) is 9.21 Å². The Morgan fingerprint density at radius 2 is 1.37 bits per heavy atom. The van der Waals surface area contributed by atoms with Crippen molar-refractivity contribution >= 4 is 10.0 Å². The van der Waals surface area contributed by atoms with Crippen LogP contribution in [0.3, 0.4) is 0 Å². The van der Waals surface area contributed by atoms with Crippen LogP contribution in [-0.4, -0.2) is 49.3 Å². The molecule has 0 aromatic heterocycles. The summed E-state index contributed by atoms with van der Waals surface area (Å²) in [6, 6.07) is 19.8. The van der Waals surface area contributed by atoms with Crippen molar-refractivity contribution in [3.05, 3.63) is 66.2 Å². The van der Waals surface area contributed by atoms with E-state index in [2.05, 4.69) is 35.2 Å². The molecular formula is C22H28N2O2S. The number of nitrogens with zero attached hydrogens (tertiary/aromatic N) is 2. The first-order valence-corrected chi connectivity index (χ1v) is 11.4. The first kappa shape index (κ1) is 18.7. The molecule has 0 spiro atoms. The van der Waals surface area contributed by atoms with Gasteiger partial charge in [0.1, 0.15) is 0 Å². The van der Waals surface area contributed by atoms with Crippen molar-refractivity contribution in [1.29, 1.82) is 0 Å². The molecule has 1 saturated heterocycles. The monoisotopic (exact) mass is 384 g/mol. The maximum absolute atomic E-state index is 13.2. The maximum atomic E-state index is 13.2. The van der Waals surface area contributed by atoms with Gasteiger partial charge in [0.15, 0.2) is 0 Å². The Morgan fingerprint density at radius 3 is 1.96 bits per heavy atom. The van der Waals surface area contributed by atoms with E-state index in [0.29, 0.717) is 4.90 Å². The topological polar surface area (TPSA) is 40.6 Å². The molecule has 0 radical (unpaired) electrons. The summed E-state index contributed by atoms with van der Waals surface area (Å²) in [4.78, 5) is 2.91. The minimum atomic E-state index is -3.40. The SMILES string of the molecule is O=S(=O)(c1ccccc1)N(C1CC1)C1CCN(CCc2ccccc2)CC1. The van der Waals surface area contributed by atoms with E-state index in [0.717, 1.165) is 51.7 Å². The molecule has 27 heavy (non-hydrogen) atoms. The highest BCUT2D eigenvalue weighted by atomic mass is 32.2. The standard InChI is InChI=1S/C22H28N2O2S/c25-27(26,22-9-5-2-6-10-22)24(20-11-12-20)21-14-17-23(18-15-21)16-13-19-7-3-1-4-8-19/h1-10,20-21H,11-18H2. The van der Waals surface area contributed by atoms with Crippen LogP contribution < -0.4 is 0 Å². The molecule has 1 saturated carbocycles. The molecule has 2 aliphatic rings. The predicted molar refractivity (Wildman–Crippen MR) is 108 cm³/mol. The van der Waals surface area contributed by atoms with Crippen LogP contribution in [0, 0.1) is 0 Å². The third-order valence-corrected chi connectivity index (χ3v) is 7.72. The number of benzene rings is 2. The lowest BCUT2D eigenvalue weighted by molar-refractivity contribution is 0.157. The average molecular weight is 385 g/mol. The molecule has 2 aromatic rings. The first-order chi connectivity index (χ1) is 13.1. The van der Waals surface area contributed by atoms with Crippen LogP contribution in [0.25, 0.3) is 0 Å². The normalized spacial score (nSPS) is 19.4. The van der Waals surface area contributed by atoms with Gasteiger partial charge in [0.05, 0.1) is 4.90 Å². The molecule has 2 fully saturated rings. The highest BCUT2D eigenvalue weighted by Crippen LogP contribution is 2.36. The fraction of sp³-hybridized carbons (Fsp3) is 0.455. The molecule has 4 nitrogen and oxygen atoms in total. The molecule has 1 aliphatic carbocycles. The minimum Gasteiger partial charge on any atom is -0.303 e. The summed E-state index contributed by atoms with van der Waals surface area (Å²) < 4.78 is 28.3. The number of hydrogen-bond donors (Lipinski definition) is 0. The van der Waals surface area contributed by atoms with Gasteiger partial charge < -0.3 is 4.90 Å². The molecular weight excluding hydrogens is 356 g/mol. The summed E-state index contributed by atoms with van der Waals surface area (Å²) in [7, 11) is -3.40. The lowest BCUT2D eigenvalue weighted by Crippen LogP contribution is -2.48. The molecule has 0 bridgehead atoms. The largest absolute Gasteiger partial charge is 0.303 e. The van der Waals surface area contributed by atoms with E-state index >= 15 is 0 Å². The quantitative estimate of drug-likeness (QED) is 0.733. The second-order valence-corrected chi connectivity index (χ2v) is 9.53. The van der Waals surface area contributed by atoms with Gasteiger partial charge in [0.25, 0.3) is 0 Å². The van der Waals surface area contributed by atoms with Gasteiger partial charge in [-0.15, -0.1) is 0 Å². The fourth-order valence-electron chi connectivity index (χ4n) is 4.06. The van der Waals surface area contributed by atoms with Crippen LogP contribution in [0.15, 0.2) is 65.6 Å². The van der Waals surface area contributed by atoms with Crippen molar-refractivity contribution < 1.29 is 8.42 Å². The Balaban J connectivity index is 1.38. The third-order valence-electron chi connectivity index (χ3n) is 5.70. The van der Waals surface area contributed by atoms with Crippen LogP contribution in [0.5, 0.6) is 0 Å². The number of hydrogen-bond acceptors (Lipinski definition) is 3. The van der Waals surface area contributed by atoms with Crippen LogP contribution >= 0.6 is 0 Å². The molecule has 0 N–H and O–H groups in total. The number of piperidine rings is 1. The van der Waals surface area contributed by atoms with Crippen LogP contribution in [0.2, 0.25) is 0 Å². The number of rotatable bonds is 7. The van der Waals surface area contributed by atoms with Crippen molar-refractivity contribution in [2.75, 3.05) is 19.6 Å². The zero-order chi connectivity index (χ0) is 18.7. The van der Waals surface area contributed by atoms with Crippen LogP contribution in [-0.2, 0) is 16.4 Å². The van der Waals surface area contributed by atoms with Gasteiger partial charge >= 0.3 is 0 Å². The van der Waals surface area contributed by atoms with Gasteiger partial charge in [-0.3, -0.25) is 0 Å². The molecule has 144 valence electrons. The summed E-state index contributed by atoms with van der Waals surface area (Å²) in [6.45, 7) is 3.00. The van der Waals surface area contributed by atoms with E-state index in [9.17, 15) is 8.42 Å². The summed E-state index contributed by atoms with van der Waals surface area (Å²) in [5.74, 6) is 0. The molecule has 5 heteroatoms. The summed E-state index contributed by atoms with van der Waals surface area (Å²) in [5.41, 5.74) is 1.37. The Bertz CT molecular complexity index is 827. The van der Waals surface area contributed by atoms with Gasteiger partial charge in [-0.05, 0) is 62.9 Å². The lowest BCUT2D eigenvalue weighted by atomic mass is 10.0. The van der Waals surface area contributed by atoms with E-state index < -0.39 is 10.0 Å². The zero-order valence-corrected chi connectivity index (χ0v) is 16.5. The smallest absolute Gasteiger partial charge is 0.243 e. The summed E-state index contributed by atoms with van der Waals surface area (Å²) in [5, 5.41) is 0. The van der Waals surface area contributed by atoms with Crippen molar-refractivity contribution in [3.8, 4) is 0 Å². The van der Waals surface area contributed by atoms with Gasteiger partial charge in [-0.1, -0.05) is 48.5 Å². The molecule has 0 unspecified atom stereocenters. The van der Waals surface area contributed by atoms with E-state index in [1.165, 1.54) is 5.56 Å². The van der Waals surface area contributed by atoms with E-state index in [1.807, 2.05) is 22.5 Å². The molecule has 1 aliphatic heterocycles. The molecule has 4 rings (SSSR count). The van der Waals surface area contributed by atoms with Crippen LogP contribution in [0.4, 0.5) is 0 Å². The molecule has 2 aromatic carbocycles.